The molecule has 0 saturated heterocycles. The van der Waals surface area contributed by atoms with Crippen LogP contribution < -0.4 is 0 Å². The maximum atomic E-state index is 11.3. The van der Waals surface area contributed by atoms with E-state index in [2.05, 4.69) is 0 Å². The molecule has 94 valence electrons. The highest BCUT2D eigenvalue weighted by Gasteiger charge is 2.40. The van der Waals surface area contributed by atoms with Crippen LogP contribution in [-0.4, -0.2) is 33.9 Å². The van der Waals surface area contributed by atoms with Gasteiger partial charge in [-0.1, -0.05) is 13.8 Å². The molecule has 5 heteroatoms. The van der Waals surface area contributed by atoms with Crippen LogP contribution >= 0.6 is 0 Å². The van der Waals surface area contributed by atoms with Crippen LogP contribution in [0.15, 0.2) is 0 Å². The average molecular weight is 232 g/mol. The molecule has 0 heterocycles. The molecular weight excluding hydrogens is 212 g/mol. The van der Waals surface area contributed by atoms with Crippen molar-refractivity contribution < 1.29 is 24.9 Å². The summed E-state index contributed by atoms with van der Waals surface area (Å²) in [5.41, 5.74) is -1.25. The van der Waals surface area contributed by atoms with Crippen LogP contribution in [-0.2, 0) is 9.59 Å². The number of aliphatic hydroxyl groups is 1. The van der Waals surface area contributed by atoms with Gasteiger partial charge in [0.2, 0.25) is 0 Å². The van der Waals surface area contributed by atoms with Gasteiger partial charge in [-0.2, -0.15) is 0 Å². The fourth-order valence-corrected chi connectivity index (χ4v) is 2.02. The van der Waals surface area contributed by atoms with Crippen molar-refractivity contribution in [2.24, 2.45) is 11.3 Å². The van der Waals surface area contributed by atoms with Crippen LogP contribution in [0.1, 0.15) is 39.5 Å². The molecule has 5 nitrogen and oxygen atoms in total. The second-order valence-corrected chi connectivity index (χ2v) is 4.58. The van der Waals surface area contributed by atoms with E-state index < -0.39 is 17.4 Å². The van der Waals surface area contributed by atoms with E-state index in [1.165, 1.54) is 0 Å². The topological polar surface area (TPSA) is 94.8 Å². The van der Waals surface area contributed by atoms with E-state index in [1.807, 2.05) is 13.8 Å². The Balaban J connectivity index is 4.88. The number of aliphatic carboxylic acids is 2. The largest absolute Gasteiger partial charge is 0.481 e. The number of hydrogen-bond donors (Lipinski definition) is 3. The first kappa shape index (κ1) is 14.9. The zero-order valence-electron chi connectivity index (χ0n) is 9.77. The maximum absolute atomic E-state index is 11.3. The number of carboxylic acids is 2. The Hall–Kier alpha value is -1.10. The molecule has 0 aliphatic heterocycles. The van der Waals surface area contributed by atoms with Crippen LogP contribution in [0.5, 0.6) is 0 Å². The molecule has 1 atom stereocenters. The van der Waals surface area contributed by atoms with Gasteiger partial charge in [0, 0.05) is 6.61 Å². The molecule has 0 aromatic rings. The highest BCUT2D eigenvalue weighted by atomic mass is 16.4. The van der Waals surface area contributed by atoms with Gasteiger partial charge < -0.3 is 15.3 Å². The second-order valence-electron chi connectivity index (χ2n) is 4.58. The molecule has 3 N–H and O–H groups in total. The fraction of sp³-hybridized carbons (Fsp3) is 0.818. The predicted octanol–water partition coefficient (Wildman–Crippen LogP) is 1.35. The minimum atomic E-state index is -1.25. The molecule has 0 aromatic heterocycles. The molecule has 0 amide bonds. The monoisotopic (exact) mass is 232 g/mol. The fourth-order valence-electron chi connectivity index (χ4n) is 2.02. The lowest BCUT2D eigenvalue weighted by molar-refractivity contribution is -0.157. The Morgan fingerprint density at radius 3 is 2.12 bits per heavy atom. The van der Waals surface area contributed by atoms with Crippen molar-refractivity contribution in [3.63, 3.8) is 0 Å². The summed E-state index contributed by atoms with van der Waals surface area (Å²) in [6, 6.07) is 0. The number of rotatable bonds is 8. The summed E-state index contributed by atoms with van der Waals surface area (Å²) in [4.78, 5) is 22.0. The summed E-state index contributed by atoms with van der Waals surface area (Å²) in [5, 5.41) is 26.7. The maximum Gasteiger partial charge on any atom is 0.310 e. The van der Waals surface area contributed by atoms with E-state index in [9.17, 15) is 14.7 Å². The third-order valence-electron chi connectivity index (χ3n) is 2.56. The molecule has 0 aliphatic rings. The van der Waals surface area contributed by atoms with Crippen LogP contribution in [0.2, 0.25) is 0 Å². The van der Waals surface area contributed by atoms with E-state index >= 15 is 0 Å². The highest BCUT2D eigenvalue weighted by Crippen LogP contribution is 2.35. The minimum absolute atomic E-state index is 0.106. The third kappa shape index (κ3) is 4.61. The lowest BCUT2D eigenvalue weighted by Crippen LogP contribution is -2.35. The van der Waals surface area contributed by atoms with Crippen molar-refractivity contribution >= 4 is 11.9 Å². The van der Waals surface area contributed by atoms with Gasteiger partial charge in [0.1, 0.15) is 0 Å². The third-order valence-corrected chi connectivity index (χ3v) is 2.56. The minimum Gasteiger partial charge on any atom is -0.481 e. The number of aliphatic hydroxyl groups excluding tert-OH is 1. The van der Waals surface area contributed by atoms with Gasteiger partial charge in [0.05, 0.1) is 11.8 Å². The second kappa shape index (κ2) is 6.48. The summed E-state index contributed by atoms with van der Waals surface area (Å²) in [7, 11) is 0. The number of carbonyl (C=O) groups is 2. The smallest absolute Gasteiger partial charge is 0.310 e. The molecular formula is C11H20O5. The molecule has 16 heavy (non-hydrogen) atoms. The number of carboxylic acid groups (broad SMARTS) is 2. The van der Waals surface area contributed by atoms with Gasteiger partial charge >= 0.3 is 11.9 Å². The SMILES string of the molecule is CC(C)C[C@@](CCCO)(CC(=O)O)C(=O)O. The zero-order valence-corrected chi connectivity index (χ0v) is 9.77. The Bertz CT molecular complexity index is 249. The van der Waals surface area contributed by atoms with Crippen molar-refractivity contribution in [2.45, 2.75) is 39.5 Å². The van der Waals surface area contributed by atoms with Gasteiger partial charge in [0.25, 0.3) is 0 Å². The van der Waals surface area contributed by atoms with E-state index in [0.29, 0.717) is 12.8 Å². The molecule has 0 bridgehead atoms. The van der Waals surface area contributed by atoms with Crippen LogP contribution in [0.25, 0.3) is 0 Å². The van der Waals surface area contributed by atoms with Crippen molar-refractivity contribution in [3.8, 4) is 0 Å². The molecule has 0 spiro atoms. The summed E-state index contributed by atoms with van der Waals surface area (Å²) in [6.07, 6.45) is 0.435. The molecule has 0 fully saturated rings. The first-order valence-corrected chi connectivity index (χ1v) is 5.40. The van der Waals surface area contributed by atoms with Crippen molar-refractivity contribution in [2.75, 3.05) is 6.61 Å². The van der Waals surface area contributed by atoms with Crippen molar-refractivity contribution in [3.05, 3.63) is 0 Å². The summed E-state index contributed by atoms with van der Waals surface area (Å²) in [5.74, 6) is -2.09. The molecule has 0 aliphatic carbocycles. The Labute approximate surface area is 95.1 Å². The Morgan fingerprint density at radius 1 is 1.25 bits per heavy atom. The summed E-state index contributed by atoms with van der Waals surface area (Å²) < 4.78 is 0. The predicted molar refractivity (Wildman–Crippen MR) is 58.1 cm³/mol. The van der Waals surface area contributed by atoms with Gasteiger partial charge in [0.15, 0.2) is 0 Å². The zero-order chi connectivity index (χ0) is 12.8. The van der Waals surface area contributed by atoms with E-state index in [-0.39, 0.29) is 25.4 Å². The van der Waals surface area contributed by atoms with Crippen LogP contribution in [0.3, 0.4) is 0 Å². The lowest BCUT2D eigenvalue weighted by atomic mass is 9.74. The van der Waals surface area contributed by atoms with E-state index in [1.54, 1.807) is 0 Å². The standard InChI is InChI=1S/C11H20O5/c1-8(2)6-11(10(15)16,4-3-5-12)7-9(13)14/h8,12H,3-7H2,1-2H3,(H,13,14)(H,15,16)/t11-/m0/s1. The first-order valence-electron chi connectivity index (χ1n) is 5.40. The Morgan fingerprint density at radius 2 is 1.81 bits per heavy atom. The summed E-state index contributed by atoms with van der Waals surface area (Å²) >= 11 is 0. The lowest BCUT2D eigenvalue weighted by Gasteiger charge is -2.29. The van der Waals surface area contributed by atoms with E-state index in [0.717, 1.165) is 0 Å². The van der Waals surface area contributed by atoms with Gasteiger partial charge in [-0.15, -0.1) is 0 Å². The highest BCUT2D eigenvalue weighted by molar-refractivity contribution is 5.81. The quantitative estimate of drug-likeness (QED) is 0.587. The van der Waals surface area contributed by atoms with Crippen molar-refractivity contribution in [1.82, 2.24) is 0 Å². The number of hydrogen-bond acceptors (Lipinski definition) is 3. The summed E-state index contributed by atoms with van der Waals surface area (Å²) in [6.45, 7) is 3.60. The van der Waals surface area contributed by atoms with E-state index in [4.69, 9.17) is 10.2 Å². The van der Waals surface area contributed by atoms with Crippen molar-refractivity contribution in [1.29, 1.82) is 0 Å². The molecule has 0 unspecified atom stereocenters. The normalized spacial score (nSPS) is 14.8. The van der Waals surface area contributed by atoms with Gasteiger partial charge in [-0.05, 0) is 25.2 Å². The molecule has 0 aromatic carbocycles. The molecule has 0 saturated carbocycles. The molecule has 0 rings (SSSR count). The first-order chi connectivity index (χ1) is 7.34. The average Bonchev–Trinajstić information content (AvgIpc) is 2.11. The van der Waals surface area contributed by atoms with Crippen LogP contribution in [0.4, 0.5) is 0 Å². The molecule has 0 radical (unpaired) electrons. The Kier molecular flexibility index (Phi) is 6.03. The van der Waals surface area contributed by atoms with Gasteiger partial charge in [-0.25, -0.2) is 0 Å². The van der Waals surface area contributed by atoms with Gasteiger partial charge in [-0.3, -0.25) is 9.59 Å². The van der Waals surface area contributed by atoms with Crippen LogP contribution in [0, 0.1) is 11.3 Å².